The van der Waals surface area contributed by atoms with Crippen molar-refractivity contribution in [1.29, 1.82) is 0 Å². The molecule has 0 aromatic heterocycles. The Hall–Kier alpha value is -1.69. The molecule has 0 spiro atoms. The van der Waals surface area contributed by atoms with Crippen LogP contribution in [0, 0.1) is 0 Å². The third-order valence-corrected chi connectivity index (χ3v) is 6.30. The highest BCUT2D eigenvalue weighted by Gasteiger charge is 2.21. The Bertz CT molecular complexity index is 949. The maximum atomic E-state index is 12.6. The normalized spacial score (nSPS) is 13.1. The standard InChI is InChI=1S/C18H16BrNO2S/c1-13(15-10-6-8-14-7-2-3-9-16(14)15)20-23(21,22)18-12-5-4-11-17(18)19/h2-13,20H,1H3/t13-/m1/s1. The number of rotatable bonds is 4. The molecule has 0 unspecified atom stereocenters. The van der Waals surface area contributed by atoms with Gasteiger partial charge in [-0.05, 0) is 51.3 Å². The molecule has 0 aliphatic rings. The molecular formula is C18H16BrNO2S. The molecule has 1 atom stereocenters. The zero-order valence-corrected chi connectivity index (χ0v) is 14.9. The first-order valence-electron chi connectivity index (χ1n) is 7.23. The Morgan fingerprint density at radius 1 is 0.913 bits per heavy atom. The molecular weight excluding hydrogens is 374 g/mol. The molecule has 0 saturated heterocycles. The van der Waals surface area contributed by atoms with Crippen LogP contribution in [0.4, 0.5) is 0 Å². The first-order valence-corrected chi connectivity index (χ1v) is 9.51. The lowest BCUT2D eigenvalue weighted by Crippen LogP contribution is -2.27. The highest BCUT2D eigenvalue weighted by atomic mass is 79.9. The van der Waals surface area contributed by atoms with Crippen molar-refractivity contribution in [2.45, 2.75) is 17.9 Å². The summed E-state index contributed by atoms with van der Waals surface area (Å²) in [6.07, 6.45) is 0. The summed E-state index contributed by atoms with van der Waals surface area (Å²) in [5.74, 6) is 0. The maximum absolute atomic E-state index is 12.6. The highest BCUT2D eigenvalue weighted by molar-refractivity contribution is 9.10. The van der Waals surface area contributed by atoms with Gasteiger partial charge in [0.25, 0.3) is 0 Å². The zero-order valence-electron chi connectivity index (χ0n) is 12.5. The summed E-state index contributed by atoms with van der Waals surface area (Å²) in [6, 6.07) is 20.4. The van der Waals surface area contributed by atoms with Crippen LogP contribution in [-0.2, 0) is 10.0 Å². The van der Waals surface area contributed by atoms with Gasteiger partial charge in [0.15, 0.2) is 0 Å². The van der Waals surface area contributed by atoms with Gasteiger partial charge in [0.1, 0.15) is 0 Å². The number of halogens is 1. The highest BCUT2D eigenvalue weighted by Crippen LogP contribution is 2.27. The number of hydrogen-bond donors (Lipinski definition) is 1. The molecule has 5 heteroatoms. The lowest BCUT2D eigenvalue weighted by Gasteiger charge is -2.17. The van der Waals surface area contributed by atoms with E-state index in [1.54, 1.807) is 24.3 Å². The minimum Gasteiger partial charge on any atom is -0.207 e. The zero-order chi connectivity index (χ0) is 16.4. The van der Waals surface area contributed by atoms with E-state index in [0.29, 0.717) is 4.47 Å². The van der Waals surface area contributed by atoms with E-state index in [2.05, 4.69) is 20.7 Å². The predicted octanol–water partition coefficient (Wildman–Crippen LogP) is 4.64. The predicted molar refractivity (Wildman–Crippen MR) is 96.8 cm³/mol. The lowest BCUT2D eigenvalue weighted by molar-refractivity contribution is 0.567. The largest absolute Gasteiger partial charge is 0.242 e. The number of nitrogens with one attached hydrogen (secondary N) is 1. The summed E-state index contributed by atoms with van der Waals surface area (Å²) < 4.78 is 28.6. The summed E-state index contributed by atoms with van der Waals surface area (Å²) in [6.45, 7) is 1.86. The van der Waals surface area contributed by atoms with Crippen LogP contribution < -0.4 is 4.72 Å². The monoisotopic (exact) mass is 389 g/mol. The Morgan fingerprint density at radius 3 is 2.35 bits per heavy atom. The average Bonchev–Trinajstić information content (AvgIpc) is 2.54. The number of fused-ring (bicyclic) bond motifs is 1. The molecule has 3 rings (SSSR count). The molecule has 3 nitrogen and oxygen atoms in total. The smallest absolute Gasteiger partial charge is 0.207 e. The van der Waals surface area contributed by atoms with E-state index in [9.17, 15) is 8.42 Å². The van der Waals surface area contributed by atoms with Gasteiger partial charge < -0.3 is 0 Å². The van der Waals surface area contributed by atoms with E-state index in [1.165, 1.54) is 0 Å². The number of benzene rings is 3. The molecule has 0 radical (unpaired) electrons. The molecule has 0 fully saturated rings. The van der Waals surface area contributed by atoms with E-state index >= 15 is 0 Å². The van der Waals surface area contributed by atoms with Crippen molar-refractivity contribution in [2.75, 3.05) is 0 Å². The Balaban J connectivity index is 1.98. The van der Waals surface area contributed by atoms with E-state index in [1.807, 2.05) is 49.4 Å². The molecule has 0 saturated carbocycles. The molecule has 0 aliphatic heterocycles. The fourth-order valence-corrected chi connectivity index (χ4v) is 4.88. The van der Waals surface area contributed by atoms with Gasteiger partial charge in [0, 0.05) is 10.5 Å². The van der Waals surface area contributed by atoms with Gasteiger partial charge in [-0.15, -0.1) is 0 Å². The van der Waals surface area contributed by atoms with Gasteiger partial charge in [-0.3, -0.25) is 0 Å². The Kier molecular flexibility index (Phi) is 4.53. The average molecular weight is 390 g/mol. The van der Waals surface area contributed by atoms with Crippen LogP contribution in [-0.4, -0.2) is 8.42 Å². The number of hydrogen-bond acceptors (Lipinski definition) is 2. The molecule has 0 heterocycles. The fraction of sp³-hybridized carbons (Fsp3) is 0.111. The van der Waals surface area contributed by atoms with Gasteiger partial charge in [0.05, 0.1) is 4.90 Å². The van der Waals surface area contributed by atoms with E-state index in [-0.39, 0.29) is 10.9 Å². The first-order chi connectivity index (χ1) is 11.0. The molecule has 118 valence electrons. The lowest BCUT2D eigenvalue weighted by atomic mass is 10.0. The van der Waals surface area contributed by atoms with Crippen molar-refractivity contribution in [1.82, 2.24) is 4.72 Å². The second-order valence-electron chi connectivity index (χ2n) is 5.34. The van der Waals surface area contributed by atoms with Crippen LogP contribution in [0.25, 0.3) is 10.8 Å². The summed E-state index contributed by atoms with van der Waals surface area (Å²) in [5.41, 5.74) is 0.957. The summed E-state index contributed by atoms with van der Waals surface area (Å²) in [7, 11) is -3.60. The van der Waals surface area contributed by atoms with Crippen LogP contribution in [0.1, 0.15) is 18.5 Å². The van der Waals surface area contributed by atoms with Gasteiger partial charge in [-0.25, -0.2) is 13.1 Å². The number of sulfonamides is 1. The van der Waals surface area contributed by atoms with E-state index in [4.69, 9.17) is 0 Å². The minimum atomic E-state index is -3.60. The molecule has 3 aromatic rings. The molecule has 0 bridgehead atoms. The second-order valence-corrected chi connectivity index (χ2v) is 7.88. The minimum absolute atomic E-state index is 0.243. The topological polar surface area (TPSA) is 46.2 Å². The summed E-state index contributed by atoms with van der Waals surface area (Å²) in [4.78, 5) is 0.243. The van der Waals surface area contributed by atoms with Crippen molar-refractivity contribution < 1.29 is 8.42 Å². The summed E-state index contributed by atoms with van der Waals surface area (Å²) in [5, 5.41) is 2.15. The van der Waals surface area contributed by atoms with E-state index in [0.717, 1.165) is 16.3 Å². The second kappa shape index (κ2) is 6.43. The van der Waals surface area contributed by atoms with Crippen LogP contribution in [0.5, 0.6) is 0 Å². The molecule has 0 amide bonds. The van der Waals surface area contributed by atoms with Crippen molar-refractivity contribution in [3.8, 4) is 0 Å². The third kappa shape index (κ3) is 3.32. The van der Waals surface area contributed by atoms with Gasteiger partial charge in [-0.1, -0.05) is 54.6 Å². The fourth-order valence-electron chi connectivity index (χ4n) is 2.65. The van der Waals surface area contributed by atoms with Crippen LogP contribution in [0.3, 0.4) is 0 Å². The maximum Gasteiger partial charge on any atom is 0.242 e. The van der Waals surface area contributed by atoms with Crippen LogP contribution >= 0.6 is 15.9 Å². The van der Waals surface area contributed by atoms with Gasteiger partial charge in [-0.2, -0.15) is 0 Å². The molecule has 3 aromatic carbocycles. The van der Waals surface area contributed by atoms with Crippen LogP contribution in [0.15, 0.2) is 76.1 Å². The van der Waals surface area contributed by atoms with Crippen molar-refractivity contribution in [3.63, 3.8) is 0 Å². The quantitative estimate of drug-likeness (QED) is 0.706. The van der Waals surface area contributed by atoms with E-state index < -0.39 is 10.0 Å². The molecule has 0 aliphatic carbocycles. The third-order valence-electron chi connectivity index (χ3n) is 3.75. The first kappa shape index (κ1) is 16.2. The van der Waals surface area contributed by atoms with Gasteiger partial charge >= 0.3 is 0 Å². The Labute approximate surface area is 144 Å². The molecule has 23 heavy (non-hydrogen) atoms. The van der Waals surface area contributed by atoms with Crippen LogP contribution in [0.2, 0.25) is 0 Å². The van der Waals surface area contributed by atoms with Crippen molar-refractivity contribution in [2.24, 2.45) is 0 Å². The molecule has 1 N–H and O–H groups in total. The Morgan fingerprint density at radius 2 is 1.57 bits per heavy atom. The SMILES string of the molecule is C[C@@H](NS(=O)(=O)c1ccccc1Br)c1cccc2ccccc12. The van der Waals surface area contributed by atoms with Crippen molar-refractivity contribution >= 4 is 36.7 Å². The summed E-state index contributed by atoms with van der Waals surface area (Å²) >= 11 is 3.30. The van der Waals surface area contributed by atoms with Crippen molar-refractivity contribution in [3.05, 3.63) is 76.8 Å². The van der Waals surface area contributed by atoms with Gasteiger partial charge in [0.2, 0.25) is 10.0 Å².